The highest BCUT2D eigenvalue weighted by Gasteiger charge is 2.44. The first-order valence-corrected chi connectivity index (χ1v) is 23.0. The van der Waals surface area contributed by atoms with Crippen LogP contribution < -0.4 is 5.32 Å². The van der Waals surface area contributed by atoms with Crippen molar-refractivity contribution >= 4 is 5.91 Å². The van der Waals surface area contributed by atoms with Crippen LogP contribution in [0.2, 0.25) is 0 Å². The zero-order valence-corrected chi connectivity index (χ0v) is 35.9. The maximum Gasteiger partial charge on any atom is 0.249 e. The predicted octanol–water partition coefficient (Wildman–Crippen LogP) is 8.42. The van der Waals surface area contributed by atoms with Crippen LogP contribution in [-0.2, 0) is 14.3 Å². The van der Waals surface area contributed by atoms with E-state index in [9.17, 15) is 35.4 Å². The second-order valence-corrected chi connectivity index (χ2v) is 16.0. The van der Waals surface area contributed by atoms with E-state index in [1.165, 1.54) is 89.9 Å². The lowest BCUT2D eigenvalue weighted by molar-refractivity contribution is -0.302. The topological polar surface area (TPSA) is 169 Å². The second-order valence-electron chi connectivity index (χ2n) is 16.0. The van der Waals surface area contributed by atoms with Crippen LogP contribution in [-0.4, -0.2) is 98.7 Å². The summed E-state index contributed by atoms with van der Waals surface area (Å²) < 4.78 is 11.1. The van der Waals surface area contributed by atoms with Gasteiger partial charge in [0.05, 0.1) is 25.4 Å². The molecule has 1 rings (SSSR count). The molecule has 332 valence electrons. The fraction of sp³-hybridized carbons (Fsp3) is 0.809. The van der Waals surface area contributed by atoms with Crippen molar-refractivity contribution in [2.45, 2.75) is 230 Å². The number of rotatable bonds is 37. The molecule has 0 bridgehead atoms. The van der Waals surface area contributed by atoms with Gasteiger partial charge in [0.2, 0.25) is 5.91 Å². The third-order valence-corrected chi connectivity index (χ3v) is 10.7. The summed E-state index contributed by atoms with van der Waals surface area (Å²) in [4.78, 5) is 13.0. The van der Waals surface area contributed by atoms with Crippen molar-refractivity contribution in [1.82, 2.24) is 5.32 Å². The second kappa shape index (κ2) is 37.1. The van der Waals surface area contributed by atoms with Crippen molar-refractivity contribution in [1.29, 1.82) is 0 Å². The van der Waals surface area contributed by atoms with Crippen molar-refractivity contribution in [3.63, 3.8) is 0 Å². The maximum absolute atomic E-state index is 13.0. The molecular weight excluding hydrogens is 723 g/mol. The molecule has 8 atom stereocenters. The molecule has 1 aliphatic heterocycles. The summed E-state index contributed by atoms with van der Waals surface area (Å²) in [5.74, 6) is -0.641. The van der Waals surface area contributed by atoms with Crippen molar-refractivity contribution in [3.05, 3.63) is 48.6 Å². The van der Waals surface area contributed by atoms with Crippen molar-refractivity contribution in [3.8, 4) is 0 Å². The third-order valence-electron chi connectivity index (χ3n) is 10.7. The van der Waals surface area contributed by atoms with Crippen LogP contribution in [0.25, 0.3) is 0 Å². The molecule has 0 aliphatic carbocycles. The number of amides is 1. The van der Waals surface area contributed by atoms with Gasteiger partial charge in [-0.25, -0.2) is 0 Å². The van der Waals surface area contributed by atoms with E-state index in [0.29, 0.717) is 12.8 Å². The molecule has 8 unspecified atom stereocenters. The number of allylic oxidation sites excluding steroid dienone is 7. The van der Waals surface area contributed by atoms with Gasteiger partial charge in [-0.05, 0) is 70.6 Å². The molecule has 0 aromatic rings. The lowest BCUT2D eigenvalue weighted by Crippen LogP contribution is -2.60. The summed E-state index contributed by atoms with van der Waals surface area (Å²) in [6.07, 6.45) is 36.2. The van der Waals surface area contributed by atoms with E-state index in [2.05, 4.69) is 55.6 Å². The van der Waals surface area contributed by atoms with E-state index in [1.54, 1.807) is 6.08 Å². The number of aliphatic hydroxyl groups is 6. The smallest absolute Gasteiger partial charge is 0.249 e. The van der Waals surface area contributed by atoms with E-state index in [-0.39, 0.29) is 13.0 Å². The average Bonchev–Trinajstić information content (AvgIpc) is 3.21. The van der Waals surface area contributed by atoms with Crippen LogP contribution in [0.4, 0.5) is 0 Å². The Labute approximate surface area is 346 Å². The van der Waals surface area contributed by atoms with E-state index in [4.69, 9.17) is 9.47 Å². The molecule has 1 heterocycles. The summed E-state index contributed by atoms with van der Waals surface area (Å²) in [6.45, 7) is 3.55. The number of carbonyl (C=O) groups excluding carboxylic acids is 1. The van der Waals surface area contributed by atoms with Crippen LogP contribution >= 0.6 is 0 Å². The van der Waals surface area contributed by atoms with Crippen LogP contribution in [0.3, 0.4) is 0 Å². The molecule has 0 aromatic carbocycles. The highest BCUT2D eigenvalue weighted by atomic mass is 16.7. The van der Waals surface area contributed by atoms with Crippen molar-refractivity contribution in [2.75, 3.05) is 13.2 Å². The Morgan fingerprint density at radius 2 is 1.04 bits per heavy atom. The largest absolute Gasteiger partial charge is 0.394 e. The Balaban J connectivity index is 2.47. The van der Waals surface area contributed by atoms with E-state index >= 15 is 0 Å². The van der Waals surface area contributed by atoms with E-state index in [0.717, 1.165) is 57.8 Å². The Morgan fingerprint density at radius 3 is 1.53 bits per heavy atom. The molecule has 1 aliphatic rings. The molecule has 10 nitrogen and oxygen atoms in total. The van der Waals surface area contributed by atoms with Gasteiger partial charge in [-0.3, -0.25) is 4.79 Å². The zero-order chi connectivity index (χ0) is 41.8. The van der Waals surface area contributed by atoms with E-state index in [1.807, 2.05) is 6.08 Å². The monoisotopic (exact) mass is 808 g/mol. The Kier molecular flexibility index (Phi) is 34.6. The van der Waals surface area contributed by atoms with Crippen molar-refractivity contribution in [2.24, 2.45) is 0 Å². The van der Waals surface area contributed by atoms with Crippen LogP contribution in [0, 0.1) is 0 Å². The van der Waals surface area contributed by atoms with Gasteiger partial charge in [-0.2, -0.15) is 0 Å². The van der Waals surface area contributed by atoms with Gasteiger partial charge in [-0.1, -0.05) is 159 Å². The molecule has 0 radical (unpaired) electrons. The number of nitrogens with one attached hydrogen (secondary N) is 1. The van der Waals surface area contributed by atoms with Gasteiger partial charge < -0.3 is 45.4 Å². The first-order chi connectivity index (χ1) is 27.8. The highest BCUT2D eigenvalue weighted by molar-refractivity contribution is 5.80. The van der Waals surface area contributed by atoms with E-state index < -0.39 is 61.5 Å². The summed E-state index contributed by atoms with van der Waals surface area (Å²) >= 11 is 0. The number of hydrogen-bond acceptors (Lipinski definition) is 9. The molecule has 1 amide bonds. The fourth-order valence-electron chi connectivity index (χ4n) is 6.89. The number of ether oxygens (including phenoxy) is 2. The first kappa shape index (κ1) is 53.1. The minimum atomic E-state index is -1.62. The summed E-state index contributed by atoms with van der Waals surface area (Å²) in [7, 11) is 0. The number of unbranched alkanes of at least 4 members (excludes halogenated alkanes) is 20. The van der Waals surface area contributed by atoms with Gasteiger partial charge in [-0.15, -0.1) is 0 Å². The molecule has 7 N–H and O–H groups in total. The Hall–Kier alpha value is -1.89. The Morgan fingerprint density at radius 1 is 0.596 bits per heavy atom. The maximum atomic E-state index is 13.0. The normalized spacial score (nSPS) is 22.0. The molecule has 0 aromatic heterocycles. The van der Waals surface area contributed by atoms with Gasteiger partial charge in [0.25, 0.3) is 0 Å². The van der Waals surface area contributed by atoms with Crippen molar-refractivity contribution < 1.29 is 44.9 Å². The van der Waals surface area contributed by atoms with Crippen LogP contribution in [0.5, 0.6) is 0 Å². The summed E-state index contributed by atoms with van der Waals surface area (Å²) in [5, 5.41) is 64.6. The summed E-state index contributed by atoms with van der Waals surface area (Å²) in [6, 6.07) is -1.01. The van der Waals surface area contributed by atoms with Crippen LogP contribution in [0.15, 0.2) is 48.6 Å². The predicted molar refractivity (Wildman–Crippen MR) is 232 cm³/mol. The quantitative estimate of drug-likeness (QED) is 0.0241. The fourth-order valence-corrected chi connectivity index (χ4v) is 6.89. The molecule has 1 saturated heterocycles. The summed E-state index contributed by atoms with van der Waals surface area (Å²) in [5.41, 5.74) is 0. The third kappa shape index (κ3) is 27.5. The molecule has 10 heteroatoms. The van der Waals surface area contributed by atoms with Gasteiger partial charge in [0, 0.05) is 0 Å². The number of carbonyl (C=O) groups is 1. The van der Waals surface area contributed by atoms with Gasteiger partial charge >= 0.3 is 0 Å². The molecule has 0 saturated carbocycles. The van der Waals surface area contributed by atoms with Gasteiger partial charge in [0.15, 0.2) is 6.29 Å². The molecular formula is C47H85NO9. The minimum Gasteiger partial charge on any atom is -0.394 e. The minimum absolute atomic E-state index is 0.285. The number of hydrogen-bond donors (Lipinski definition) is 7. The highest BCUT2D eigenvalue weighted by Crippen LogP contribution is 2.22. The lowest BCUT2D eigenvalue weighted by Gasteiger charge is -2.40. The average molecular weight is 808 g/mol. The standard InChI is InChI=1S/C47H85NO9/c1-3-5-7-9-11-13-15-17-19-20-22-24-26-28-30-32-34-36-41(51)46(55)48-39(38-56-47-45(54)44(53)43(52)42(37-49)57-47)40(50)35-33-31-29-27-25-23-21-18-16-14-12-10-8-6-4-2/h16,18,22,24-25,27,33,35,39-45,47,49-54H,3-15,17,19-21,23,26,28-32,34,36-38H2,1-2H3,(H,48,55)/b18-16+,24-22-,27-25+,35-33+. The lowest BCUT2D eigenvalue weighted by atomic mass is 9.99. The Bertz CT molecular complexity index is 1050. The molecule has 1 fully saturated rings. The van der Waals surface area contributed by atoms with Crippen LogP contribution in [0.1, 0.15) is 181 Å². The first-order valence-electron chi connectivity index (χ1n) is 23.0. The SMILES string of the molecule is CCCCCCC/C=C/CC/C=C/CC/C=C/C(O)C(COC1OC(CO)C(O)C(O)C1O)NC(=O)C(O)CCCCCC/C=C\CCCCCCCCCCC. The molecule has 57 heavy (non-hydrogen) atoms. The number of aliphatic hydroxyl groups excluding tert-OH is 6. The van der Waals surface area contributed by atoms with Gasteiger partial charge in [0.1, 0.15) is 30.5 Å². The zero-order valence-electron chi connectivity index (χ0n) is 35.9. The molecule has 0 spiro atoms.